The Balaban J connectivity index is 2.12. The van der Waals surface area contributed by atoms with Crippen molar-refractivity contribution in [3.63, 3.8) is 0 Å². The van der Waals surface area contributed by atoms with Gasteiger partial charge in [-0.15, -0.1) is 0 Å². The average Bonchev–Trinajstić information content (AvgIpc) is 2.38. The zero-order chi connectivity index (χ0) is 13.8. The first-order valence-electron chi connectivity index (χ1n) is 5.91. The van der Waals surface area contributed by atoms with Crippen LogP contribution in [0.5, 0.6) is 11.9 Å². The molecule has 2 heterocycles. The summed E-state index contributed by atoms with van der Waals surface area (Å²) in [5, 5.41) is 30.8. The van der Waals surface area contributed by atoms with Crippen molar-refractivity contribution < 1.29 is 24.9 Å². The average molecular weight is 269 g/mol. The fourth-order valence-corrected chi connectivity index (χ4v) is 1.95. The van der Waals surface area contributed by atoms with Crippen LogP contribution in [0.4, 0.5) is 0 Å². The van der Waals surface area contributed by atoms with Gasteiger partial charge in [-0.25, -0.2) is 4.79 Å². The number of aromatic carboxylic acids is 1. The molecular weight excluding hydrogens is 254 g/mol. The van der Waals surface area contributed by atoms with Gasteiger partial charge < -0.3 is 25.4 Å². The Morgan fingerprint density at radius 1 is 1.32 bits per heavy atom. The van der Waals surface area contributed by atoms with Crippen molar-refractivity contribution in [2.24, 2.45) is 0 Å². The van der Waals surface area contributed by atoms with Gasteiger partial charge in [0.05, 0.1) is 5.56 Å². The lowest BCUT2D eigenvalue weighted by molar-refractivity contribution is 0.0683. The van der Waals surface area contributed by atoms with Crippen molar-refractivity contribution in [3.05, 3.63) is 11.3 Å². The number of nitrogens with one attached hydrogen (secondary N) is 1. The van der Waals surface area contributed by atoms with E-state index < -0.39 is 23.6 Å². The molecule has 0 aromatic carbocycles. The lowest BCUT2D eigenvalue weighted by Crippen LogP contribution is -2.34. The summed E-state index contributed by atoms with van der Waals surface area (Å²) in [6, 6.07) is -0.562. The Morgan fingerprint density at radius 3 is 2.63 bits per heavy atom. The summed E-state index contributed by atoms with van der Waals surface area (Å²) >= 11 is 0. The van der Waals surface area contributed by atoms with Gasteiger partial charge in [0.15, 0.2) is 5.69 Å². The minimum atomic E-state index is -1.32. The molecule has 0 unspecified atom stereocenters. The highest BCUT2D eigenvalue weighted by atomic mass is 16.5. The number of hydrogen-bond acceptors (Lipinski definition) is 7. The van der Waals surface area contributed by atoms with Crippen LogP contribution >= 0.6 is 0 Å². The first kappa shape index (κ1) is 13.5. The van der Waals surface area contributed by atoms with Gasteiger partial charge in [0.2, 0.25) is 5.88 Å². The fraction of sp³-hybridized carbons (Fsp3) is 0.545. The van der Waals surface area contributed by atoms with Crippen molar-refractivity contribution >= 4 is 5.97 Å². The van der Waals surface area contributed by atoms with Crippen LogP contribution in [-0.4, -0.2) is 50.5 Å². The number of aromatic hydroxyl groups is 2. The van der Waals surface area contributed by atoms with E-state index in [-0.39, 0.29) is 18.2 Å². The third-order valence-electron chi connectivity index (χ3n) is 2.96. The maximum absolute atomic E-state index is 11.0. The monoisotopic (exact) mass is 269 g/mol. The quantitative estimate of drug-likeness (QED) is 0.595. The van der Waals surface area contributed by atoms with Crippen LogP contribution in [0.2, 0.25) is 0 Å². The van der Waals surface area contributed by atoms with Crippen LogP contribution in [0.1, 0.15) is 28.9 Å². The number of carboxylic acid groups (broad SMARTS) is 1. The standard InChI is InChI=1S/C11H15N3O5/c15-9-7(5-12-6-1-3-19-4-2-6)8(10(16)17)13-11(18)14-9/h6,12H,1-5H2,(H,16,17)(H2,13,14,15,18). The van der Waals surface area contributed by atoms with Crippen molar-refractivity contribution in [2.45, 2.75) is 25.4 Å². The van der Waals surface area contributed by atoms with Gasteiger partial charge in [0.1, 0.15) is 0 Å². The number of carbonyl (C=O) groups is 1. The highest BCUT2D eigenvalue weighted by molar-refractivity contribution is 5.87. The number of rotatable bonds is 4. The van der Waals surface area contributed by atoms with E-state index in [9.17, 15) is 9.90 Å². The van der Waals surface area contributed by atoms with Gasteiger partial charge in [-0.2, -0.15) is 9.97 Å². The lowest BCUT2D eigenvalue weighted by atomic mass is 10.1. The Kier molecular flexibility index (Phi) is 4.13. The summed E-state index contributed by atoms with van der Waals surface area (Å²) in [4.78, 5) is 17.8. The molecule has 0 aliphatic carbocycles. The van der Waals surface area contributed by atoms with Crippen LogP contribution in [0.15, 0.2) is 0 Å². The molecule has 1 aliphatic rings. The van der Waals surface area contributed by atoms with Crippen molar-refractivity contribution in [1.82, 2.24) is 15.3 Å². The minimum absolute atomic E-state index is 0.0665. The summed E-state index contributed by atoms with van der Waals surface area (Å²) in [5.41, 5.74) is -0.332. The Hall–Kier alpha value is -1.93. The highest BCUT2D eigenvalue weighted by Gasteiger charge is 2.21. The van der Waals surface area contributed by atoms with E-state index in [1.165, 1.54) is 0 Å². The third-order valence-corrected chi connectivity index (χ3v) is 2.96. The molecule has 8 nitrogen and oxygen atoms in total. The van der Waals surface area contributed by atoms with E-state index in [0.717, 1.165) is 12.8 Å². The first-order valence-corrected chi connectivity index (χ1v) is 5.91. The molecule has 0 radical (unpaired) electrons. The summed E-state index contributed by atoms with van der Waals surface area (Å²) in [6.45, 7) is 1.43. The van der Waals surface area contributed by atoms with Crippen LogP contribution in [0.3, 0.4) is 0 Å². The second-order valence-electron chi connectivity index (χ2n) is 4.25. The van der Waals surface area contributed by atoms with Crippen molar-refractivity contribution in [3.8, 4) is 11.9 Å². The topological polar surface area (TPSA) is 125 Å². The molecular formula is C11H15N3O5. The summed E-state index contributed by atoms with van der Waals surface area (Å²) in [5.74, 6) is -1.85. The molecule has 1 aromatic rings. The van der Waals surface area contributed by atoms with E-state index in [0.29, 0.717) is 13.2 Å². The molecule has 1 aliphatic heterocycles. The SMILES string of the molecule is O=C(O)c1nc(O)nc(O)c1CNC1CCOCC1. The minimum Gasteiger partial charge on any atom is -0.493 e. The van der Waals surface area contributed by atoms with Crippen LogP contribution in [-0.2, 0) is 11.3 Å². The molecule has 2 rings (SSSR count). The first-order chi connectivity index (χ1) is 9.08. The molecule has 1 saturated heterocycles. The van der Waals surface area contributed by atoms with Gasteiger partial charge in [-0.1, -0.05) is 0 Å². The van der Waals surface area contributed by atoms with Crippen molar-refractivity contribution in [1.29, 1.82) is 0 Å². The molecule has 8 heteroatoms. The predicted molar refractivity (Wildman–Crippen MR) is 63.0 cm³/mol. The Morgan fingerprint density at radius 2 is 2.00 bits per heavy atom. The van der Waals surface area contributed by atoms with Gasteiger partial charge >= 0.3 is 12.0 Å². The van der Waals surface area contributed by atoms with E-state index in [4.69, 9.17) is 14.9 Å². The maximum atomic E-state index is 11.0. The molecule has 1 aromatic heterocycles. The van der Waals surface area contributed by atoms with Gasteiger partial charge in [-0.05, 0) is 12.8 Å². The Labute approximate surface area is 109 Å². The second kappa shape index (κ2) is 5.81. The number of aromatic nitrogens is 2. The number of nitrogens with zero attached hydrogens (tertiary/aromatic N) is 2. The predicted octanol–water partition coefficient (Wildman–Crippen LogP) is -0.145. The molecule has 104 valence electrons. The number of ether oxygens (including phenoxy) is 1. The molecule has 0 amide bonds. The van der Waals surface area contributed by atoms with Crippen molar-refractivity contribution in [2.75, 3.05) is 13.2 Å². The summed E-state index contributed by atoms with van der Waals surface area (Å²) in [7, 11) is 0. The smallest absolute Gasteiger partial charge is 0.355 e. The number of carboxylic acids is 1. The van der Waals surface area contributed by atoms with E-state index in [2.05, 4.69) is 15.3 Å². The number of hydrogen-bond donors (Lipinski definition) is 4. The zero-order valence-electron chi connectivity index (χ0n) is 10.2. The zero-order valence-corrected chi connectivity index (χ0v) is 10.2. The summed E-state index contributed by atoms with van der Waals surface area (Å²) in [6.07, 6.45) is 1.64. The molecule has 0 bridgehead atoms. The van der Waals surface area contributed by atoms with E-state index in [1.54, 1.807) is 0 Å². The molecule has 1 fully saturated rings. The molecule has 0 spiro atoms. The van der Waals surface area contributed by atoms with Crippen LogP contribution < -0.4 is 5.32 Å². The van der Waals surface area contributed by atoms with Gasteiger partial charge in [0.25, 0.3) is 0 Å². The summed E-state index contributed by atoms with van der Waals surface area (Å²) < 4.78 is 5.21. The van der Waals surface area contributed by atoms with Gasteiger partial charge in [0, 0.05) is 25.8 Å². The molecule has 4 N–H and O–H groups in total. The molecule has 0 atom stereocenters. The van der Waals surface area contributed by atoms with E-state index >= 15 is 0 Å². The third kappa shape index (κ3) is 3.30. The fourth-order valence-electron chi connectivity index (χ4n) is 1.95. The highest BCUT2D eigenvalue weighted by Crippen LogP contribution is 2.20. The van der Waals surface area contributed by atoms with Crippen LogP contribution in [0.25, 0.3) is 0 Å². The second-order valence-corrected chi connectivity index (χ2v) is 4.25. The largest absolute Gasteiger partial charge is 0.493 e. The van der Waals surface area contributed by atoms with Crippen LogP contribution in [0, 0.1) is 0 Å². The molecule has 0 saturated carbocycles. The lowest BCUT2D eigenvalue weighted by Gasteiger charge is -2.23. The Bertz CT molecular complexity index is 474. The molecule has 19 heavy (non-hydrogen) atoms. The maximum Gasteiger partial charge on any atom is 0.355 e. The van der Waals surface area contributed by atoms with E-state index in [1.807, 2.05) is 0 Å². The van der Waals surface area contributed by atoms with Gasteiger partial charge in [-0.3, -0.25) is 0 Å². The normalized spacial score (nSPS) is 16.4.